The predicted octanol–water partition coefficient (Wildman–Crippen LogP) is 3.54. The minimum atomic E-state index is -0.108. The van der Waals surface area contributed by atoms with Crippen LogP contribution in [0.5, 0.6) is 0 Å². The number of nitrogens with zero attached hydrogens (tertiary/aromatic N) is 2. The number of hydrazone groups is 1. The zero-order chi connectivity index (χ0) is 15.0. The van der Waals surface area contributed by atoms with Crippen molar-refractivity contribution in [1.29, 1.82) is 0 Å². The molecule has 0 spiro atoms. The van der Waals surface area contributed by atoms with Crippen molar-refractivity contribution in [2.45, 2.75) is 20.8 Å². The number of benzene rings is 1. The Balaban J connectivity index is 2.06. The molecule has 0 aromatic heterocycles. The smallest absolute Gasteiger partial charge is 0.281 e. The third-order valence-corrected chi connectivity index (χ3v) is 3.35. The molecule has 1 aromatic rings. The summed E-state index contributed by atoms with van der Waals surface area (Å²) in [7, 11) is 0. The summed E-state index contributed by atoms with van der Waals surface area (Å²) < 4.78 is 5.48. The molecule has 2 aliphatic heterocycles. The minimum absolute atomic E-state index is 0.108. The van der Waals surface area contributed by atoms with E-state index in [9.17, 15) is 4.79 Å². The topological polar surface area (TPSA) is 41.9 Å². The lowest BCUT2D eigenvalue weighted by Gasteiger charge is -2.15. The molecule has 1 amide bonds. The van der Waals surface area contributed by atoms with Crippen molar-refractivity contribution in [2.24, 2.45) is 5.10 Å². The van der Waals surface area contributed by atoms with Crippen LogP contribution in [0.15, 0.2) is 70.2 Å². The van der Waals surface area contributed by atoms with Gasteiger partial charge in [0.2, 0.25) is 0 Å². The fourth-order valence-corrected chi connectivity index (χ4v) is 2.52. The first-order valence-corrected chi connectivity index (χ1v) is 6.80. The van der Waals surface area contributed by atoms with Gasteiger partial charge in [-0.2, -0.15) is 10.1 Å². The van der Waals surface area contributed by atoms with Crippen molar-refractivity contribution in [3.63, 3.8) is 0 Å². The lowest BCUT2D eigenvalue weighted by atomic mass is 10.0. The highest BCUT2D eigenvalue weighted by Crippen LogP contribution is 2.28. The molecule has 0 saturated heterocycles. The van der Waals surface area contributed by atoms with E-state index >= 15 is 0 Å². The van der Waals surface area contributed by atoms with E-state index < -0.39 is 0 Å². The van der Waals surface area contributed by atoms with Gasteiger partial charge in [0.05, 0.1) is 17.0 Å². The first-order valence-electron chi connectivity index (χ1n) is 6.80. The number of ether oxygens (including phenoxy) is 1. The number of para-hydroxylation sites is 1. The van der Waals surface area contributed by atoms with Gasteiger partial charge < -0.3 is 4.74 Å². The predicted molar refractivity (Wildman–Crippen MR) is 82.7 cm³/mol. The lowest BCUT2D eigenvalue weighted by Crippen LogP contribution is -2.22. The van der Waals surface area contributed by atoms with E-state index in [1.807, 2.05) is 63.3 Å². The highest BCUT2D eigenvalue weighted by Gasteiger charge is 2.31. The monoisotopic (exact) mass is 280 g/mol. The third-order valence-electron chi connectivity index (χ3n) is 3.35. The number of hydrogen-bond acceptors (Lipinski definition) is 3. The Labute approximate surface area is 123 Å². The number of carbonyl (C=O) groups excluding carboxylic acids is 1. The van der Waals surface area contributed by atoms with Crippen LogP contribution in [-0.4, -0.2) is 11.6 Å². The van der Waals surface area contributed by atoms with E-state index in [4.69, 9.17) is 4.74 Å². The molecule has 1 aromatic carbocycles. The van der Waals surface area contributed by atoms with Gasteiger partial charge in [-0.1, -0.05) is 18.2 Å². The largest absolute Gasteiger partial charge is 0.467 e. The van der Waals surface area contributed by atoms with Crippen molar-refractivity contribution in [1.82, 2.24) is 0 Å². The van der Waals surface area contributed by atoms with Gasteiger partial charge in [-0.05, 0) is 50.6 Å². The summed E-state index contributed by atoms with van der Waals surface area (Å²) in [5.74, 6) is 1.44. The fraction of sp³-hybridized carbons (Fsp3) is 0.176. The van der Waals surface area contributed by atoms with E-state index in [1.165, 1.54) is 5.01 Å². The normalized spacial score (nSPS) is 18.3. The van der Waals surface area contributed by atoms with E-state index in [-0.39, 0.29) is 5.91 Å². The van der Waals surface area contributed by atoms with Gasteiger partial charge >= 0.3 is 0 Å². The van der Waals surface area contributed by atoms with Gasteiger partial charge in [-0.25, -0.2) is 0 Å². The van der Waals surface area contributed by atoms with Gasteiger partial charge in [0.25, 0.3) is 5.91 Å². The number of allylic oxidation sites excluding steroid dienone is 5. The molecule has 2 aliphatic rings. The van der Waals surface area contributed by atoms with Crippen molar-refractivity contribution < 1.29 is 9.53 Å². The van der Waals surface area contributed by atoms with Crippen LogP contribution >= 0.6 is 0 Å². The average molecular weight is 280 g/mol. The number of amides is 1. The Morgan fingerprint density at radius 3 is 2.24 bits per heavy atom. The lowest BCUT2D eigenvalue weighted by molar-refractivity contribution is -0.114. The molecule has 4 nitrogen and oxygen atoms in total. The van der Waals surface area contributed by atoms with Crippen molar-refractivity contribution in [2.75, 3.05) is 5.01 Å². The maximum Gasteiger partial charge on any atom is 0.281 e. The number of rotatable bonds is 1. The summed E-state index contributed by atoms with van der Waals surface area (Å²) >= 11 is 0. The summed E-state index contributed by atoms with van der Waals surface area (Å²) in [6.07, 6.45) is 3.74. The molecule has 3 rings (SSSR count). The van der Waals surface area contributed by atoms with Crippen molar-refractivity contribution >= 4 is 17.3 Å². The van der Waals surface area contributed by atoms with Gasteiger partial charge in [-0.15, -0.1) is 0 Å². The van der Waals surface area contributed by atoms with E-state index in [0.717, 1.165) is 22.8 Å². The maximum absolute atomic E-state index is 12.7. The Morgan fingerprint density at radius 1 is 1.00 bits per heavy atom. The van der Waals surface area contributed by atoms with E-state index in [2.05, 4.69) is 5.10 Å². The zero-order valence-electron chi connectivity index (χ0n) is 12.3. The summed E-state index contributed by atoms with van der Waals surface area (Å²) in [6, 6.07) is 9.43. The Hall–Kier alpha value is -2.62. The van der Waals surface area contributed by atoms with Gasteiger partial charge in [-0.3, -0.25) is 4.79 Å². The van der Waals surface area contributed by atoms with Crippen LogP contribution < -0.4 is 5.01 Å². The summed E-state index contributed by atoms with van der Waals surface area (Å²) in [4.78, 5) is 12.7. The van der Waals surface area contributed by atoms with Crippen LogP contribution in [0.25, 0.3) is 0 Å². The standard InChI is InChI=1S/C17H16N2O2/c1-11-9-14(10-12(2)21-11)16-13(3)18-19(17(16)20)15-7-5-4-6-8-15/h4-10H,1-3H3. The van der Waals surface area contributed by atoms with Gasteiger partial charge in [0.15, 0.2) is 0 Å². The van der Waals surface area contributed by atoms with Crippen LogP contribution in [-0.2, 0) is 9.53 Å². The molecular weight excluding hydrogens is 264 g/mol. The average Bonchev–Trinajstić information content (AvgIpc) is 2.74. The highest BCUT2D eigenvalue weighted by atomic mass is 16.5. The number of anilines is 1. The molecule has 0 unspecified atom stereocenters. The van der Waals surface area contributed by atoms with Crippen LogP contribution in [0.1, 0.15) is 20.8 Å². The van der Waals surface area contributed by atoms with E-state index in [0.29, 0.717) is 11.3 Å². The molecule has 0 aliphatic carbocycles. The second-order valence-corrected chi connectivity index (χ2v) is 5.08. The molecule has 0 bridgehead atoms. The molecule has 21 heavy (non-hydrogen) atoms. The first kappa shape index (κ1) is 13.4. The molecular formula is C17H16N2O2. The molecule has 0 saturated carbocycles. The molecule has 2 heterocycles. The second-order valence-electron chi connectivity index (χ2n) is 5.08. The van der Waals surface area contributed by atoms with Gasteiger partial charge in [0.1, 0.15) is 11.5 Å². The van der Waals surface area contributed by atoms with Crippen LogP contribution in [0, 0.1) is 0 Å². The molecule has 0 radical (unpaired) electrons. The van der Waals surface area contributed by atoms with Crippen LogP contribution in [0.2, 0.25) is 0 Å². The maximum atomic E-state index is 12.7. The molecule has 0 atom stereocenters. The zero-order valence-corrected chi connectivity index (χ0v) is 12.3. The SMILES string of the molecule is CC1=CC(=C2C(=O)N(c3ccccc3)N=C2C)C=C(C)O1. The minimum Gasteiger partial charge on any atom is -0.467 e. The Morgan fingerprint density at radius 2 is 1.62 bits per heavy atom. The second kappa shape index (κ2) is 5.05. The summed E-state index contributed by atoms with van der Waals surface area (Å²) in [6.45, 7) is 5.60. The third kappa shape index (κ3) is 2.40. The van der Waals surface area contributed by atoms with Gasteiger partial charge in [0, 0.05) is 0 Å². The Bertz CT molecular complexity index is 704. The number of carbonyl (C=O) groups is 1. The van der Waals surface area contributed by atoms with Crippen molar-refractivity contribution in [3.8, 4) is 0 Å². The molecule has 4 heteroatoms. The highest BCUT2D eigenvalue weighted by molar-refractivity contribution is 6.30. The van der Waals surface area contributed by atoms with Crippen LogP contribution in [0.3, 0.4) is 0 Å². The van der Waals surface area contributed by atoms with Crippen molar-refractivity contribution in [3.05, 3.63) is 65.1 Å². The summed E-state index contributed by atoms with van der Waals surface area (Å²) in [5.41, 5.74) is 2.96. The van der Waals surface area contributed by atoms with E-state index in [1.54, 1.807) is 0 Å². The number of hydrogen-bond donors (Lipinski definition) is 0. The quantitative estimate of drug-likeness (QED) is 0.738. The molecule has 0 N–H and O–H groups in total. The Kier molecular flexibility index (Phi) is 3.22. The fourth-order valence-electron chi connectivity index (χ4n) is 2.52. The summed E-state index contributed by atoms with van der Waals surface area (Å²) in [5, 5.41) is 5.83. The first-order chi connectivity index (χ1) is 10.1. The molecule has 0 fully saturated rings. The van der Waals surface area contributed by atoms with Crippen LogP contribution in [0.4, 0.5) is 5.69 Å². The molecule has 106 valence electrons.